The molecule has 0 rings (SSSR count). The maximum atomic E-state index is 10.6. The Morgan fingerprint density at radius 2 is 1.44 bits per heavy atom. The normalized spacial score (nSPS) is 12.9. The molecule has 0 saturated heterocycles. The van der Waals surface area contributed by atoms with Gasteiger partial charge in [0, 0.05) is 5.03 Å². The molecule has 0 unspecified atom stereocenters. The minimum absolute atomic E-state index is 0.511. The number of allylic oxidation sites excluding steroid dienone is 5. The quantitative estimate of drug-likeness (QED) is 0.345. The molecule has 0 atom stereocenters. The van der Waals surface area contributed by atoms with E-state index in [2.05, 4.69) is 0 Å². The second-order valence-electron chi connectivity index (χ2n) is 3.27. The second-order valence-corrected chi connectivity index (χ2v) is 3.84. The third-order valence-corrected chi connectivity index (χ3v) is 2.12. The second kappa shape index (κ2) is 6.12. The van der Waals surface area contributed by atoms with Crippen LogP contribution in [0.4, 0.5) is 0 Å². The number of hydrogen-bond donors (Lipinski definition) is 2. The summed E-state index contributed by atoms with van der Waals surface area (Å²) in [5.74, 6) is -2.94. The average Bonchev–Trinajstić information content (AvgIpc) is 2.12. The van der Waals surface area contributed by atoms with Crippen LogP contribution in [-0.2, 0) is 9.59 Å². The molecule has 0 saturated carbocycles. The fourth-order valence-corrected chi connectivity index (χ4v) is 0.980. The first kappa shape index (κ1) is 14.5. The molecular formula is C11H13ClO4. The third kappa shape index (κ3) is 4.79. The lowest BCUT2D eigenvalue weighted by molar-refractivity contribution is -0.140. The first-order valence-corrected chi connectivity index (χ1v) is 4.83. The smallest absolute Gasteiger partial charge is 0.343 e. The lowest BCUT2D eigenvalue weighted by Gasteiger charge is -1.98. The van der Waals surface area contributed by atoms with Gasteiger partial charge in [-0.2, -0.15) is 0 Å². The molecule has 5 heteroatoms. The summed E-state index contributed by atoms with van der Waals surface area (Å²) in [6.45, 7) is 5.05. The Balaban J connectivity index is 5.23. The van der Waals surface area contributed by atoms with Crippen molar-refractivity contribution in [3.05, 3.63) is 33.9 Å². The van der Waals surface area contributed by atoms with E-state index < -0.39 is 17.5 Å². The fraction of sp³-hybridized carbons (Fsp3) is 0.273. The SMILES string of the molecule is C/C(C=C(C(=O)O)C(=O)O)=C\C(C)=C(/C)Cl. The highest BCUT2D eigenvalue weighted by Crippen LogP contribution is 2.13. The van der Waals surface area contributed by atoms with Crippen molar-refractivity contribution in [2.45, 2.75) is 20.8 Å². The highest BCUT2D eigenvalue weighted by atomic mass is 35.5. The van der Waals surface area contributed by atoms with Crippen LogP contribution in [0.5, 0.6) is 0 Å². The number of carboxylic acid groups (broad SMARTS) is 2. The van der Waals surface area contributed by atoms with Crippen LogP contribution in [0, 0.1) is 0 Å². The van der Waals surface area contributed by atoms with Gasteiger partial charge in [-0.15, -0.1) is 0 Å². The standard InChI is InChI=1S/C11H13ClO4/c1-6(4-7(2)8(3)12)5-9(10(13)14)11(15)16/h4-5H,1-3H3,(H,13,14)(H,15,16)/b6-4+,8-7+. The maximum Gasteiger partial charge on any atom is 0.343 e. The molecule has 0 heterocycles. The minimum atomic E-state index is -1.47. The zero-order valence-corrected chi connectivity index (χ0v) is 10.00. The van der Waals surface area contributed by atoms with E-state index in [4.69, 9.17) is 21.8 Å². The zero-order chi connectivity index (χ0) is 12.9. The molecule has 0 aromatic rings. The lowest BCUT2D eigenvalue weighted by Crippen LogP contribution is -2.11. The van der Waals surface area contributed by atoms with E-state index in [1.807, 2.05) is 0 Å². The summed E-state index contributed by atoms with van der Waals surface area (Å²) in [6, 6.07) is 0. The fourth-order valence-electron chi connectivity index (χ4n) is 0.925. The average molecular weight is 245 g/mol. The van der Waals surface area contributed by atoms with Crippen LogP contribution in [-0.4, -0.2) is 22.2 Å². The molecule has 0 bridgehead atoms. The highest BCUT2D eigenvalue weighted by Gasteiger charge is 2.15. The zero-order valence-electron chi connectivity index (χ0n) is 9.24. The van der Waals surface area contributed by atoms with Gasteiger partial charge in [0.25, 0.3) is 0 Å². The van der Waals surface area contributed by atoms with Crippen molar-refractivity contribution in [1.29, 1.82) is 0 Å². The van der Waals surface area contributed by atoms with Crippen molar-refractivity contribution in [3.63, 3.8) is 0 Å². The number of carboxylic acids is 2. The molecule has 0 aromatic heterocycles. The van der Waals surface area contributed by atoms with E-state index in [1.54, 1.807) is 26.8 Å². The highest BCUT2D eigenvalue weighted by molar-refractivity contribution is 6.29. The molecular weight excluding hydrogens is 232 g/mol. The summed E-state index contributed by atoms with van der Waals surface area (Å²) < 4.78 is 0. The Hall–Kier alpha value is -1.55. The maximum absolute atomic E-state index is 10.6. The molecule has 0 aliphatic heterocycles. The largest absolute Gasteiger partial charge is 0.477 e. The molecule has 0 spiro atoms. The summed E-state index contributed by atoms with van der Waals surface area (Å²) >= 11 is 5.72. The Labute approximate surface area is 98.5 Å². The van der Waals surface area contributed by atoms with Crippen molar-refractivity contribution < 1.29 is 19.8 Å². The van der Waals surface area contributed by atoms with Gasteiger partial charge in [0.1, 0.15) is 5.57 Å². The van der Waals surface area contributed by atoms with Crippen LogP contribution < -0.4 is 0 Å². The van der Waals surface area contributed by atoms with Crippen LogP contribution in [0.25, 0.3) is 0 Å². The predicted molar refractivity (Wildman–Crippen MR) is 61.3 cm³/mol. The van der Waals surface area contributed by atoms with Crippen LogP contribution in [0.1, 0.15) is 20.8 Å². The Morgan fingerprint density at radius 1 is 1.00 bits per heavy atom. The number of hydrogen-bond acceptors (Lipinski definition) is 2. The van der Waals surface area contributed by atoms with Gasteiger partial charge in [-0.05, 0) is 38.0 Å². The van der Waals surface area contributed by atoms with Gasteiger partial charge in [0.15, 0.2) is 0 Å². The summed E-state index contributed by atoms with van der Waals surface area (Å²) in [7, 11) is 0. The van der Waals surface area contributed by atoms with Crippen molar-refractivity contribution in [2.75, 3.05) is 0 Å². The number of aliphatic carboxylic acids is 2. The van der Waals surface area contributed by atoms with Gasteiger partial charge in [0.05, 0.1) is 0 Å². The number of carbonyl (C=O) groups is 2. The summed E-state index contributed by atoms with van der Waals surface area (Å²) in [5, 5.41) is 17.8. The van der Waals surface area contributed by atoms with E-state index in [9.17, 15) is 9.59 Å². The predicted octanol–water partition coefficient (Wildman–Crippen LogP) is 2.56. The lowest BCUT2D eigenvalue weighted by atomic mass is 10.1. The molecule has 0 aliphatic rings. The van der Waals surface area contributed by atoms with E-state index in [0.29, 0.717) is 10.6 Å². The Morgan fingerprint density at radius 3 is 1.75 bits per heavy atom. The van der Waals surface area contributed by atoms with Gasteiger partial charge >= 0.3 is 11.9 Å². The van der Waals surface area contributed by atoms with Gasteiger partial charge in [-0.1, -0.05) is 17.7 Å². The van der Waals surface area contributed by atoms with Gasteiger partial charge < -0.3 is 10.2 Å². The molecule has 0 fully saturated rings. The van der Waals surface area contributed by atoms with Crippen LogP contribution >= 0.6 is 11.6 Å². The van der Waals surface area contributed by atoms with Crippen molar-refractivity contribution >= 4 is 23.5 Å². The number of rotatable bonds is 4. The molecule has 4 nitrogen and oxygen atoms in total. The monoisotopic (exact) mass is 244 g/mol. The molecule has 0 radical (unpaired) electrons. The molecule has 0 aromatic carbocycles. The Kier molecular flexibility index (Phi) is 5.53. The molecule has 88 valence electrons. The van der Waals surface area contributed by atoms with Gasteiger partial charge in [-0.25, -0.2) is 9.59 Å². The van der Waals surface area contributed by atoms with Crippen LogP contribution in [0.15, 0.2) is 33.9 Å². The molecule has 2 N–H and O–H groups in total. The van der Waals surface area contributed by atoms with E-state index in [1.165, 1.54) is 0 Å². The van der Waals surface area contributed by atoms with Crippen LogP contribution in [0.3, 0.4) is 0 Å². The summed E-state index contributed by atoms with van der Waals surface area (Å²) in [5.41, 5.74) is 0.594. The topological polar surface area (TPSA) is 74.6 Å². The van der Waals surface area contributed by atoms with E-state index in [-0.39, 0.29) is 0 Å². The first-order valence-electron chi connectivity index (χ1n) is 4.45. The molecule has 0 amide bonds. The van der Waals surface area contributed by atoms with Gasteiger partial charge in [-0.3, -0.25) is 0 Å². The van der Waals surface area contributed by atoms with Crippen LogP contribution in [0.2, 0.25) is 0 Å². The van der Waals surface area contributed by atoms with Crippen molar-refractivity contribution in [3.8, 4) is 0 Å². The summed E-state index contributed by atoms with van der Waals surface area (Å²) in [6.07, 6.45) is 2.71. The van der Waals surface area contributed by atoms with Crippen molar-refractivity contribution in [2.24, 2.45) is 0 Å². The first-order chi connectivity index (χ1) is 7.25. The molecule has 0 aliphatic carbocycles. The third-order valence-electron chi connectivity index (χ3n) is 1.82. The van der Waals surface area contributed by atoms with Gasteiger partial charge in [0.2, 0.25) is 0 Å². The minimum Gasteiger partial charge on any atom is -0.477 e. The Bertz CT molecular complexity index is 382. The van der Waals surface area contributed by atoms with E-state index in [0.717, 1.165) is 11.6 Å². The van der Waals surface area contributed by atoms with E-state index >= 15 is 0 Å². The molecule has 16 heavy (non-hydrogen) atoms. The summed E-state index contributed by atoms with van der Waals surface area (Å²) in [4.78, 5) is 21.2. The van der Waals surface area contributed by atoms with Crippen molar-refractivity contribution in [1.82, 2.24) is 0 Å². The number of halogens is 1.